The molecule has 0 fully saturated rings. The van der Waals surface area contributed by atoms with Gasteiger partial charge in [0.2, 0.25) is 5.88 Å². The molecule has 0 N–H and O–H groups in total. The third-order valence-corrected chi connectivity index (χ3v) is 2.06. The summed E-state index contributed by atoms with van der Waals surface area (Å²) in [5, 5.41) is 0. The van der Waals surface area contributed by atoms with E-state index < -0.39 is 41.8 Å². The highest BCUT2D eigenvalue weighted by molar-refractivity contribution is 5.40. The predicted octanol–water partition coefficient (Wildman–Crippen LogP) is 3.78. The largest absolute Gasteiger partial charge is 0.574 e. The van der Waals surface area contributed by atoms with Crippen molar-refractivity contribution in [3.8, 4) is 5.88 Å². The summed E-state index contributed by atoms with van der Waals surface area (Å²) in [6, 6.07) is 0. The first-order chi connectivity index (χ1) is 8.06. The van der Waals surface area contributed by atoms with Crippen molar-refractivity contribution in [2.45, 2.75) is 26.1 Å². The van der Waals surface area contributed by atoms with Crippen LogP contribution in [0.1, 0.15) is 16.7 Å². The third-order valence-electron chi connectivity index (χ3n) is 2.06. The van der Waals surface area contributed by atoms with E-state index >= 15 is 0 Å². The smallest absolute Gasteiger partial charge is 0.388 e. The Bertz CT molecular complexity index is 438. The van der Waals surface area contributed by atoms with Crippen LogP contribution in [0, 0.1) is 6.92 Å². The lowest BCUT2D eigenvalue weighted by Gasteiger charge is -2.16. The molecule has 1 aromatic rings. The summed E-state index contributed by atoms with van der Waals surface area (Å²) < 4.78 is 88.9. The van der Waals surface area contributed by atoms with Crippen LogP contribution in [0.25, 0.3) is 0 Å². The van der Waals surface area contributed by atoms with Gasteiger partial charge >= 0.3 is 12.5 Å². The van der Waals surface area contributed by atoms with Gasteiger partial charge in [-0.3, -0.25) is 0 Å². The van der Waals surface area contributed by atoms with Gasteiger partial charge in [0, 0.05) is 17.3 Å². The second-order valence-corrected chi connectivity index (χ2v) is 3.26. The van der Waals surface area contributed by atoms with Crippen molar-refractivity contribution in [3.05, 3.63) is 22.9 Å². The lowest BCUT2D eigenvalue weighted by Crippen LogP contribution is -2.20. The molecule has 0 bridgehead atoms. The minimum Gasteiger partial charge on any atom is -0.388 e. The Balaban J connectivity index is 3.29. The van der Waals surface area contributed by atoms with Crippen molar-refractivity contribution in [1.82, 2.24) is 4.98 Å². The summed E-state index contributed by atoms with van der Waals surface area (Å²) >= 11 is 0. The molecule has 1 rings (SSSR count). The van der Waals surface area contributed by atoms with Crippen LogP contribution < -0.4 is 4.74 Å². The molecule has 0 unspecified atom stereocenters. The van der Waals surface area contributed by atoms with Gasteiger partial charge in [-0.05, 0) is 6.92 Å². The molecule has 2 nitrogen and oxygen atoms in total. The molecule has 0 amide bonds. The Morgan fingerprint density at radius 3 is 2.11 bits per heavy atom. The van der Waals surface area contributed by atoms with Crippen molar-refractivity contribution in [2.24, 2.45) is 0 Å². The van der Waals surface area contributed by atoms with Crippen LogP contribution in [0.4, 0.5) is 30.7 Å². The number of nitrogens with zero attached hydrogens (tertiary/aromatic N) is 1. The van der Waals surface area contributed by atoms with E-state index in [1.807, 2.05) is 0 Å². The normalized spacial score (nSPS) is 12.7. The van der Waals surface area contributed by atoms with Crippen LogP contribution in [-0.4, -0.2) is 11.3 Å². The van der Waals surface area contributed by atoms with Gasteiger partial charge < -0.3 is 4.74 Å². The quantitative estimate of drug-likeness (QED) is 0.767. The molecule has 102 valence electrons. The third kappa shape index (κ3) is 3.23. The van der Waals surface area contributed by atoms with Crippen LogP contribution in [0.15, 0.2) is 6.20 Å². The van der Waals surface area contributed by atoms with Crippen molar-refractivity contribution < 1.29 is 35.5 Å². The summed E-state index contributed by atoms with van der Waals surface area (Å²) in [5.74, 6) is -1.09. The van der Waals surface area contributed by atoms with Gasteiger partial charge in [-0.1, -0.05) is 0 Å². The van der Waals surface area contributed by atoms with E-state index in [9.17, 15) is 30.7 Å². The molecular formula is C9H6F7NO. The highest BCUT2D eigenvalue weighted by Gasteiger charge is 2.37. The second-order valence-electron chi connectivity index (χ2n) is 3.26. The molecule has 0 aromatic carbocycles. The number of rotatable bonds is 2. The number of aromatic nitrogens is 1. The highest BCUT2D eigenvalue weighted by Crippen LogP contribution is 2.36. The van der Waals surface area contributed by atoms with Crippen molar-refractivity contribution >= 4 is 0 Å². The van der Waals surface area contributed by atoms with Gasteiger partial charge in [-0.2, -0.15) is 13.2 Å². The zero-order valence-electron chi connectivity index (χ0n) is 8.79. The lowest BCUT2D eigenvalue weighted by molar-refractivity contribution is -0.276. The number of hydrogen-bond donors (Lipinski definition) is 0. The molecule has 0 spiro atoms. The average molecular weight is 277 g/mol. The van der Waals surface area contributed by atoms with E-state index in [1.165, 1.54) is 0 Å². The Hall–Kier alpha value is -1.54. The lowest BCUT2D eigenvalue weighted by atomic mass is 10.1. The highest BCUT2D eigenvalue weighted by atomic mass is 19.4. The molecule has 0 aliphatic rings. The summed E-state index contributed by atoms with van der Waals surface area (Å²) in [6.07, 6.45) is -9.88. The summed E-state index contributed by atoms with van der Waals surface area (Å²) in [6.45, 7) is -0.699. The fourth-order valence-electron chi connectivity index (χ4n) is 1.26. The predicted molar refractivity (Wildman–Crippen MR) is 45.5 cm³/mol. The second kappa shape index (κ2) is 4.62. The first kappa shape index (κ1) is 14.5. The van der Waals surface area contributed by atoms with Crippen LogP contribution in [0.5, 0.6) is 5.88 Å². The number of halogens is 7. The fraction of sp³-hybridized carbons (Fsp3) is 0.444. The van der Waals surface area contributed by atoms with Crippen molar-refractivity contribution in [2.75, 3.05) is 0 Å². The van der Waals surface area contributed by atoms with Crippen LogP contribution >= 0.6 is 0 Å². The maximum Gasteiger partial charge on any atom is 0.574 e. The Morgan fingerprint density at radius 1 is 1.17 bits per heavy atom. The zero-order valence-corrected chi connectivity index (χ0v) is 8.79. The minimum atomic E-state index is -5.11. The Labute approximate surface area is 96.4 Å². The summed E-state index contributed by atoms with van der Waals surface area (Å²) in [4.78, 5) is 2.91. The number of ether oxygens (including phenoxy) is 1. The van der Waals surface area contributed by atoms with Crippen molar-refractivity contribution in [3.63, 3.8) is 0 Å². The topological polar surface area (TPSA) is 22.1 Å². The molecule has 1 aromatic heterocycles. The number of alkyl halides is 7. The van der Waals surface area contributed by atoms with Gasteiger partial charge in [0.25, 0.3) is 0 Å². The molecule has 0 saturated carbocycles. The maximum atomic E-state index is 12.5. The van der Waals surface area contributed by atoms with Gasteiger partial charge in [-0.25, -0.2) is 9.37 Å². The Kier molecular flexibility index (Phi) is 3.72. The molecule has 0 atom stereocenters. The molecule has 18 heavy (non-hydrogen) atoms. The van der Waals surface area contributed by atoms with Gasteiger partial charge in [-0.15, -0.1) is 13.2 Å². The van der Waals surface area contributed by atoms with Crippen LogP contribution in [0.2, 0.25) is 0 Å². The number of pyridine rings is 1. The Morgan fingerprint density at radius 2 is 1.72 bits per heavy atom. The van der Waals surface area contributed by atoms with E-state index in [2.05, 4.69) is 9.72 Å². The van der Waals surface area contributed by atoms with E-state index in [-0.39, 0.29) is 6.20 Å². The molecule has 1 heterocycles. The first-order valence-electron chi connectivity index (χ1n) is 4.43. The summed E-state index contributed by atoms with van der Waals surface area (Å²) in [7, 11) is 0. The van der Waals surface area contributed by atoms with Gasteiger partial charge in [0.1, 0.15) is 6.67 Å². The molecule has 0 saturated heterocycles. The zero-order chi connectivity index (χ0) is 14.1. The van der Waals surface area contributed by atoms with E-state index in [4.69, 9.17) is 0 Å². The van der Waals surface area contributed by atoms with Crippen LogP contribution in [-0.2, 0) is 12.9 Å². The average Bonchev–Trinajstić information content (AvgIpc) is 2.17. The molecule has 9 heteroatoms. The van der Waals surface area contributed by atoms with E-state index in [1.54, 1.807) is 0 Å². The van der Waals surface area contributed by atoms with Gasteiger partial charge in [0.15, 0.2) is 0 Å². The summed E-state index contributed by atoms with van der Waals surface area (Å²) in [5.41, 5.74) is -2.97. The van der Waals surface area contributed by atoms with Crippen LogP contribution in [0.3, 0.4) is 0 Å². The SMILES string of the molecule is Cc1c(OC(F)(F)F)ncc(C(F)(F)F)c1CF. The van der Waals surface area contributed by atoms with Crippen molar-refractivity contribution in [1.29, 1.82) is 0 Å². The maximum absolute atomic E-state index is 12.5. The fourth-order valence-corrected chi connectivity index (χ4v) is 1.26. The standard InChI is InChI=1S/C9H6F7NO/c1-4-5(2-10)6(8(11,12)13)3-17-7(4)18-9(14,15)16/h3H,2H2,1H3. The minimum absolute atomic E-state index is 0.114. The monoisotopic (exact) mass is 277 g/mol. The molecule has 0 aliphatic heterocycles. The first-order valence-corrected chi connectivity index (χ1v) is 4.43. The van der Waals surface area contributed by atoms with E-state index in [0.29, 0.717) is 0 Å². The molecule has 0 aliphatic carbocycles. The van der Waals surface area contributed by atoms with Gasteiger partial charge in [0.05, 0.1) is 5.56 Å². The molecular weight excluding hydrogens is 271 g/mol. The van der Waals surface area contributed by atoms with E-state index in [0.717, 1.165) is 6.92 Å². The number of hydrogen-bond acceptors (Lipinski definition) is 2. The molecule has 0 radical (unpaired) electrons.